The third-order valence-corrected chi connectivity index (χ3v) is 1.46. The summed E-state index contributed by atoms with van der Waals surface area (Å²) in [5.41, 5.74) is 1.00. The first-order valence-corrected chi connectivity index (χ1v) is 5.71. The summed E-state index contributed by atoms with van der Waals surface area (Å²) in [6, 6.07) is 0. The molecule has 0 amide bonds. The quantitative estimate of drug-likeness (QED) is 0.539. The first-order valence-electron chi connectivity index (χ1n) is 5.71. The summed E-state index contributed by atoms with van der Waals surface area (Å²) in [4.78, 5) is 0. The molecule has 90 valence electrons. The van der Waals surface area contributed by atoms with Gasteiger partial charge in [-0.15, -0.1) is 6.58 Å². The molecule has 15 heavy (non-hydrogen) atoms. The highest BCUT2D eigenvalue weighted by Crippen LogP contribution is 2.06. The fourth-order valence-corrected chi connectivity index (χ4v) is 0.828. The Balaban J connectivity index is -0.000000245. The summed E-state index contributed by atoms with van der Waals surface area (Å²) < 4.78 is 0. The predicted molar refractivity (Wildman–Crippen MR) is 72.1 cm³/mol. The molecule has 0 heterocycles. The van der Waals surface area contributed by atoms with E-state index in [2.05, 4.69) is 6.58 Å². The first kappa shape index (κ1) is 19.7. The van der Waals surface area contributed by atoms with Crippen LogP contribution in [0.2, 0.25) is 0 Å². The molecule has 0 aliphatic carbocycles. The fourth-order valence-electron chi connectivity index (χ4n) is 0.828. The number of aliphatic hydroxyl groups excluding tert-OH is 1. The van der Waals surface area contributed by atoms with Gasteiger partial charge in [0.05, 0.1) is 6.10 Å². The molecule has 1 N–H and O–H groups in total. The molecule has 1 nitrogen and oxygen atoms in total. The minimum Gasteiger partial charge on any atom is -0.388 e. The van der Waals surface area contributed by atoms with Gasteiger partial charge in [0.25, 0.3) is 0 Å². The van der Waals surface area contributed by atoms with E-state index >= 15 is 0 Å². The van der Waals surface area contributed by atoms with Crippen molar-refractivity contribution in [3.8, 4) is 0 Å². The van der Waals surface area contributed by atoms with Crippen molar-refractivity contribution in [1.29, 1.82) is 0 Å². The lowest BCUT2D eigenvalue weighted by Crippen LogP contribution is -2.05. The Kier molecular flexibility index (Phi) is 24.8. The van der Waals surface area contributed by atoms with Gasteiger partial charge in [-0.1, -0.05) is 45.1 Å². The maximum absolute atomic E-state index is 9.33. The molecule has 0 aliphatic rings. The van der Waals surface area contributed by atoms with Crippen molar-refractivity contribution < 1.29 is 5.11 Å². The van der Waals surface area contributed by atoms with Gasteiger partial charge in [-0.05, 0) is 32.8 Å². The minimum absolute atomic E-state index is 0.291. The van der Waals surface area contributed by atoms with Crippen LogP contribution < -0.4 is 0 Å². The maximum atomic E-state index is 9.33. The SMILES string of the molecule is C/C=C\C(=C/C)C(O)CC.C=CC.CC. The van der Waals surface area contributed by atoms with Crippen molar-refractivity contribution in [2.75, 3.05) is 0 Å². The number of aliphatic hydroxyl groups is 1. The summed E-state index contributed by atoms with van der Waals surface area (Å²) in [7, 11) is 0. The fraction of sp³-hybridized carbons (Fsp3) is 0.571. The average molecular weight is 212 g/mol. The monoisotopic (exact) mass is 212 g/mol. The zero-order valence-corrected chi connectivity index (χ0v) is 11.2. The summed E-state index contributed by atoms with van der Waals surface area (Å²) in [6.45, 7) is 15.1. The summed E-state index contributed by atoms with van der Waals surface area (Å²) in [5, 5.41) is 9.33. The largest absolute Gasteiger partial charge is 0.388 e. The van der Waals surface area contributed by atoms with Crippen LogP contribution in [0, 0.1) is 0 Å². The van der Waals surface area contributed by atoms with E-state index in [1.165, 1.54) is 0 Å². The molecule has 0 spiro atoms. The molecule has 0 aromatic heterocycles. The molecular formula is C14H28O. The van der Waals surface area contributed by atoms with Gasteiger partial charge in [0, 0.05) is 0 Å². The molecule has 0 aromatic rings. The second-order valence-electron chi connectivity index (χ2n) is 2.62. The predicted octanol–water partition coefficient (Wildman–Crippen LogP) is 4.50. The van der Waals surface area contributed by atoms with Gasteiger partial charge in [0.1, 0.15) is 0 Å². The molecule has 1 atom stereocenters. The van der Waals surface area contributed by atoms with Crippen molar-refractivity contribution in [3.63, 3.8) is 0 Å². The van der Waals surface area contributed by atoms with Crippen LogP contribution in [-0.4, -0.2) is 11.2 Å². The van der Waals surface area contributed by atoms with Crippen LogP contribution >= 0.6 is 0 Å². The molecule has 0 aromatic carbocycles. The normalized spacial score (nSPS) is 12.1. The van der Waals surface area contributed by atoms with Crippen LogP contribution in [0.15, 0.2) is 36.5 Å². The van der Waals surface area contributed by atoms with Crippen LogP contribution in [0.3, 0.4) is 0 Å². The Bertz CT molecular complexity index is 166. The van der Waals surface area contributed by atoms with Crippen LogP contribution in [0.4, 0.5) is 0 Å². The molecule has 0 saturated heterocycles. The Morgan fingerprint density at radius 2 is 1.67 bits per heavy atom. The first-order chi connectivity index (χ1) is 7.17. The summed E-state index contributed by atoms with van der Waals surface area (Å²) in [5.74, 6) is 0. The number of hydrogen-bond acceptors (Lipinski definition) is 1. The minimum atomic E-state index is -0.291. The topological polar surface area (TPSA) is 20.2 Å². The van der Waals surface area contributed by atoms with Gasteiger partial charge in [0.15, 0.2) is 0 Å². The lowest BCUT2D eigenvalue weighted by Gasteiger charge is -2.07. The van der Waals surface area contributed by atoms with E-state index in [4.69, 9.17) is 0 Å². The zero-order chi connectivity index (χ0) is 12.7. The van der Waals surface area contributed by atoms with Crippen LogP contribution in [0.1, 0.15) is 48.0 Å². The lowest BCUT2D eigenvalue weighted by atomic mass is 10.1. The van der Waals surface area contributed by atoms with Gasteiger partial charge in [-0.25, -0.2) is 0 Å². The van der Waals surface area contributed by atoms with E-state index in [-0.39, 0.29) is 6.10 Å². The van der Waals surface area contributed by atoms with E-state index in [0.29, 0.717) is 0 Å². The number of rotatable bonds is 3. The molecule has 1 heteroatoms. The molecule has 0 radical (unpaired) electrons. The van der Waals surface area contributed by atoms with Crippen LogP contribution in [0.5, 0.6) is 0 Å². The Morgan fingerprint density at radius 3 is 1.87 bits per heavy atom. The highest BCUT2D eigenvalue weighted by Gasteiger charge is 2.01. The molecule has 0 fully saturated rings. The second kappa shape index (κ2) is 18.9. The maximum Gasteiger partial charge on any atom is 0.0784 e. The van der Waals surface area contributed by atoms with Gasteiger partial charge < -0.3 is 5.11 Å². The molecule has 0 bridgehead atoms. The number of allylic oxidation sites excluding steroid dienone is 3. The zero-order valence-electron chi connectivity index (χ0n) is 11.2. The van der Waals surface area contributed by atoms with Crippen molar-refractivity contribution in [2.24, 2.45) is 0 Å². The van der Waals surface area contributed by atoms with E-state index in [1.807, 2.05) is 59.8 Å². The standard InChI is InChI=1S/C9H16O.C3H6.C2H6/c1-4-7-8(5-2)9(10)6-3;1-3-2;1-2/h4-5,7,9-10H,6H2,1-3H3;3H,1H2,2H3;1-2H3/b7-4-,8-5+;;. The van der Waals surface area contributed by atoms with Crippen molar-refractivity contribution in [2.45, 2.75) is 54.1 Å². The summed E-state index contributed by atoms with van der Waals surface area (Å²) >= 11 is 0. The van der Waals surface area contributed by atoms with E-state index in [9.17, 15) is 5.11 Å². The Hall–Kier alpha value is -0.820. The van der Waals surface area contributed by atoms with Crippen molar-refractivity contribution in [1.82, 2.24) is 0 Å². The van der Waals surface area contributed by atoms with E-state index < -0.39 is 0 Å². The highest BCUT2D eigenvalue weighted by molar-refractivity contribution is 5.21. The smallest absolute Gasteiger partial charge is 0.0784 e. The van der Waals surface area contributed by atoms with Crippen LogP contribution in [0.25, 0.3) is 0 Å². The molecular weight excluding hydrogens is 184 g/mol. The van der Waals surface area contributed by atoms with E-state index in [1.54, 1.807) is 6.08 Å². The molecule has 0 rings (SSSR count). The molecule has 1 unspecified atom stereocenters. The van der Waals surface area contributed by atoms with Crippen molar-refractivity contribution >= 4 is 0 Å². The Labute approximate surface area is 96.2 Å². The highest BCUT2D eigenvalue weighted by atomic mass is 16.3. The summed E-state index contributed by atoms with van der Waals surface area (Å²) in [6.07, 6.45) is 8.06. The van der Waals surface area contributed by atoms with Gasteiger partial charge in [-0.3, -0.25) is 0 Å². The van der Waals surface area contributed by atoms with Crippen molar-refractivity contribution in [3.05, 3.63) is 36.5 Å². The molecule has 0 aliphatic heterocycles. The lowest BCUT2D eigenvalue weighted by molar-refractivity contribution is 0.210. The third kappa shape index (κ3) is 15.9. The van der Waals surface area contributed by atoms with Gasteiger partial charge in [0.2, 0.25) is 0 Å². The number of hydrogen-bond donors (Lipinski definition) is 1. The molecule has 0 saturated carbocycles. The van der Waals surface area contributed by atoms with Crippen LogP contribution in [-0.2, 0) is 0 Å². The van der Waals surface area contributed by atoms with Gasteiger partial charge >= 0.3 is 0 Å². The average Bonchev–Trinajstić information content (AvgIpc) is 2.28. The third-order valence-electron chi connectivity index (χ3n) is 1.46. The van der Waals surface area contributed by atoms with E-state index in [0.717, 1.165) is 12.0 Å². The van der Waals surface area contributed by atoms with Gasteiger partial charge in [-0.2, -0.15) is 0 Å². The second-order valence-corrected chi connectivity index (χ2v) is 2.62. The Morgan fingerprint density at radius 1 is 1.27 bits per heavy atom.